The van der Waals surface area contributed by atoms with Crippen molar-refractivity contribution in [2.45, 2.75) is 13.8 Å². The van der Waals surface area contributed by atoms with Crippen molar-refractivity contribution in [1.29, 1.82) is 5.26 Å². The SMILES string of the molecule is Cc1cc(C)cc(N/C=C(\C#N)c2nc(-c3ccc(F)cc3)cs2)c1. The lowest BCUT2D eigenvalue weighted by Crippen LogP contribution is -1.92. The second-order valence-corrected chi connectivity index (χ2v) is 6.59. The minimum atomic E-state index is -0.283. The number of aromatic nitrogens is 1. The van der Waals surface area contributed by atoms with Crippen molar-refractivity contribution >= 4 is 22.6 Å². The van der Waals surface area contributed by atoms with Crippen LogP contribution >= 0.6 is 11.3 Å². The van der Waals surface area contributed by atoms with Gasteiger partial charge in [0.25, 0.3) is 0 Å². The molecule has 0 saturated carbocycles. The van der Waals surface area contributed by atoms with Crippen LogP contribution in [0.25, 0.3) is 16.8 Å². The molecule has 0 unspecified atom stereocenters. The first-order valence-corrected chi connectivity index (χ1v) is 8.60. The van der Waals surface area contributed by atoms with E-state index in [4.69, 9.17) is 0 Å². The van der Waals surface area contributed by atoms with Crippen LogP contribution in [0.4, 0.5) is 10.1 Å². The molecule has 1 N–H and O–H groups in total. The van der Waals surface area contributed by atoms with Crippen molar-refractivity contribution in [3.05, 3.63) is 76.0 Å². The van der Waals surface area contributed by atoms with Gasteiger partial charge in [0.05, 0.1) is 5.69 Å². The molecule has 1 aromatic heterocycles. The molecule has 0 spiro atoms. The first-order valence-electron chi connectivity index (χ1n) is 7.72. The van der Waals surface area contributed by atoms with Gasteiger partial charge < -0.3 is 5.32 Å². The fourth-order valence-electron chi connectivity index (χ4n) is 2.51. The summed E-state index contributed by atoms with van der Waals surface area (Å²) in [5.74, 6) is -0.283. The van der Waals surface area contributed by atoms with Crippen LogP contribution in [-0.4, -0.2) is 4.98 Å². The van der Waals surface area contributed by atoms with Gasteiger partial charge in [0.1, 0.15) is 22.5 Å². The Kier molecular flexibility index (Phi) is 4.92. The van der Waals surface area contributed by atoms with Gasteiger partial charge in [-0.2, -0.15) is 5.26 Å². The highest BCUT2D eigenvalue weighted by atomic mass is 32.1. The summed E-state index contributed by atoms with van der Waals surface area (Å²) in [4.78, 5) is 4.49. The van der Waals surface area contributed by atoms with E-state index in [0.29, 0.717) is 10.6 Å². The van der Waals surface area contributed by atoms with E-state index in [0.717, 1.165) is 28.1 Å². The van der Waals surface area contributed by atoms with Crippen molar-refractivity contribution in [1.82, 2.24) is 4.98 Å². The lowest BCUT2D eigenvalue weighted by Gasteiger charge is -2.05. The van der Waals surface area contributed by atoms with E-state index in [1.807, 2.05) is 31.4 Å². The summed E-state index contributed by atoms with van der Waals surface area (Å²) in [5, 5.41) is 15.1. The number of nitrogens with zero attached hydrogens (tertiary/aromatic N) is 2. The van der Waals surface area contributed by atoms with E-state index in [1.165, 1.54) is 23.5 Å². The molecule has 1 heterocycles. The van der Waals surface area contributed by atoms with Crippen LogP contribution < -0.4 is 5.32 Å². The van der Waals surface area contributed by atoms with E-state index in [1.54, 1.807) is 18.3 Å². The average Bonchev–Trinajstić information content (AvgIpc) is 3.05. The molecule has 0 aliphatic rings. The third kappa shape index (κ3) is 4.11. The zero-order valence-electron chi connectivity index (χ0n) is 13.9. The van der Waals surface area contributed by atoms with Crippen LogP contribution in [0.5, 0.6) is 0 Å². The minimum Gasteiger partial charge on any atom is -0.360 e. The highest BCUT2D eigenvalue weighted by Gasteiger charge is 2.09. The van der Waals surface area contributed by atoms with Gasteiger partial charge in [0, 0.05) is 22.8 Å². The van der Waals surface area contributed by atoms with Crippen LogP contribution in [-0.2, 0) is 0 Å². The molecule has 0 bridgehead atoms. The van der Waals surface area contributed by atoms with Crippen molar-refractivity contribution in [3.8, 4) is 17.3 Å². The number of aryl methyl sites for hydroxylation is 2. The summed E-state index contributed by atoms with van der Waals surface area (Å²) >= 11 is 1.39. The average molecular weight is 349 g/mol. The zero-order valence-corrected chi connectivity index (χ0v) is 14.7. The van der Waals surface area contributed by atoms with Gasteiger partial charge in [-0.05, 0) is 61.4 Å². The predicted octanol–water partition coefficient (Wildman–Crippen LogP) is 5.54. The summed E-state index contributed by atoms with van der Waals surface area (Å²) < 4.78 is 13.0. The Morgan fingerprint density at radius 1 is 1.16 bits per heavy atom. The van der Waals surface area contributed by atoms with Crippen molar-refractivity contribution < 1.29 is 4.39 Å². The Morgan fingerprint density at radius 3 is 2.48 bits per heavy atom. The van der Waals surface area contributed by atoms with Gasteiger partial charge in [0.15, 0.2) is 0 Å². The topological polar surface area (TPSA) is 48.7 Å². The van der Waals surface area contributed by atoms with E-state index >= 15 is 0 Å². The quantitative estimate of drug-likeness (QED) is 0.629. The fourth-order valence-corrected chi connectivity index (χ4v) is 3.30. The molecule has 2 aromatic carbocycles. The van der Waals surface area contributed by atoms with E-state index < -0.39 is 0 Å². The molecule has 25 heavy (non-hydrogen) atoms. The van der Waals surface area contributed by atoms with Crippen LogP contribution in [0.3, 0.4) is 0 Å². The number of rotatable bonds is 4. The lowest BCUT2D eigenvalue weighted by atomic mass is 10.1. The van der Waals surface area contributed by atoms with Crippen molar-refractivity contribution in [2.75, 3.05) is 5.32 Å². The second kappa shape index (κ2) is 7.29. The maximum absolute atomic E-state index is 13.0. The molecule has 0 radical (unpaired) electrons. The smallest absolute Gasteiger partial charge is 0.136 e. The van der Waals surface area contributed by atoms with Gasteiger partial charge in [-0.3, -0.25) is 0 Å². The molecule has 124 valence electrons. The fraction of sp³-hybridized carbons (Fsp3) is 0.100. The summed E-state index contributed by atoms with van der Waals surface area (Å²) in [5.41, 5.74) is 5.25. The molecule has 3 aromatic rings. The molecule has 0 amide bonds. The van der Waals surface area contributed by atoms with Crippen LogP contribution in [0.2, 0.25) is 0 Å². The van der Waals surface area contributed by atoms with E-state index in [9.17, 15) is 9.65 Å². The standard InChI is InChI=1S/C20H16FN3S/c1-13-7-14(2)9-18(8-13)23-11-16(10-22)20-24-19(12-25-20)15-3-5-17(21)6-4-15/h3-9,11-12,23H,1-2H3/b16-11+. The zero-order chi connectivity index (χ0) is 17.8. The van der Waals surface area contributed by atoms with Crippen LogP contribution in [0.15, 0.2) is 54.0 Å². The summed E-state index contributed by atoms with van der Waals surface area (Å²) in [6.07, 6.45) is 1.67. The first kappa shape index (κ1) is 16.9. The molecule has 0 fully saturated rings. The molecular formula is C20H16FN3S. The highest BCUT2D eigenvalue weighted by molar-refractivity contribution is 7.11. The summed E-state index contributed by atoms with van der Waals surface area (Å²) in [7, 11) is 0. The number of nitrogens with one attached hydrogen (secondary N) is 1. The predicted molar refractivity (Wildman–Crippen MR) is 101 cm³/mol. The molecular weight excluding hydrogens is 333 g/mol. The lowest BCUT2D eigenvalue weighted by molar-refractivity contribution is 0.628. The van der Waals surface area contributed by atoms with Gasteiger partial charge in [0.2, 0.25) is 0 Å². The maximum Gasteiger partial charge on any atom is 0.136 e. The molecule has 0 aliphatic heterocycles. The monoisotopic (exact) mass is 349 g/mol. The number of hydrogen-bond donors (Lipinski definition) is 1. The van der Waals surface area contributed by atoms with Crippen LogP contribution in [0, 0.1) is 31.0 Å². The normalized spacial score (nSPS) is 11.2. The third-order valence-corrected chi connectivity index (χ3v) is 4.48. The molecule has 0 saturated heterocycles. The van der Waals surface area contributed by atoms with Gasteiger partial charge in [-0.25, -0.2) is 9.37 Å². The molecule has 3 rings (SSSR count). The maximum atomic E-state index is 13.0. The third-order valence-electron chi connectivity index (χ3n) is 3.60. The number of anilines is 1. The second-order valence-electron chi connectivity index (χ2n) is 5.74. The van der Waals surface area contributed by atoms with Gasteiger partial charge >= 0.3 is 0 Å². The number of benzene rings is 2. The number of allylic oxidation sites excluding steroid dienone is 1. The van der Waals surface area contributed by atoms with Gasteiger partial charge in [-0.1, -0.05) is 6.07 Å². The summed E-state index contributed by atoms with van der Waals surface area (Å²) in [6.45, 7) is 4.06. The molecule has 5 heteroatoms. The summed E-state index contributed by atoms with van der Waals surface area (Å²) in [6, 6.07) is 14.5. The number of thiazole rings is 1. The van der Waals surface area contributed by atoms with E-state index in [-0.39, 0.29) is 5.82 Å². The minimum absolute atomic E-state index is 0.283. The first-order chi connectivity index (χ1) is 12.0. The number of nitriles is 1. The van der Waals surface area contributed by atoms with Crippen molar-refractivity contribution in [3.63, 3.8) is 0 Å². The van der Waals surface area contributed by atoms with Crippen molar-refractivity contribution in [2.24, 2.45) is 0 Å². The van der Waals surface area contributed by atoms with Crippen LogP contribution in [0.1, 0.15) is 16.1 Å². The number of hydrogen-bond acceptors (Lipinski definition) is 4. The molecule has 0 atom stereocenters. The Labute approximate surface area is 150 Å². The number of halogens is 1. The Bertz CT molecular complexity index is 945. The van der Waals surface area contributed by atoms with Gasteiger partial charge in [-0.15, -0.1) is 11.3 Å². The molecule has 3 nitrogen and oxygen atoms in total. The largest absolute Gasteiger partial charge is 0.360 e. The Morgan fingerprint density at radius 2 is 1.84 bits per heavy atom. The van der Waals surface area contributed by atoms with E-state index in [2.05, 4.69) is 22.4 Å². The Balaban J connectivity index is 1.84. The Hall–Kier alpha value is -2.97. The highest BCUT2D eigenvalue weighted by Crippen LogP contribution is 2.26. The molecule has 0 aliphatic carbocycles.